The quantitative estimate of drug-likeness (QED) is 0.197. The summed E-state index contributed by atoms with van der Waals surface area (Å²) < 4.78 is 26.9. The summed E-state index contributed by atoms with van der Waals surface area (Å²) in [5.74, 6) is -2.85. The normalized spacial score (nSPS) is 20.0. The molecule has 12 nitrogen and oxygen atoms in total. The van der Waals surface area contributed by atoms with Crippen molar-refractivity contribution in [1.29, 1.82) is 0 Å². The van der Waals surface area contributed by atoms with E-state index in [1.807, 2.05) is 58.0 Å². The van der Waals surface area contributed by atoms with E-state index in [2.05, 4.69) is 15.6 Å². The topological polar surface area (TPSA) is 147 Å². The maximum absolute atomic E-state index is 14.3. The van der Waals surface area contributed by atoms with E-state index >= 15 is 0 Å². The second-order valence-electron chi connectivity index (χ2n) is 14.4. The molecule has 1 aliphatic rings. The van der Waals surface area contributed by atoms with Gasteiger partial charge in [-0.05, 0) is 63.6 Å². The van der Waals surface area contributed by atoms with E-state index in [4.69, 9.17) is 12.2 Å². The van der Waals surface area contributed by atoms with Gasteiger partial charge in [0.1, 0.15) is 16.7 Å². The number of hydrogen-bond acceptors (Lipinski definition) is 10. The summed E-state index contributed by atoms with van der Waals surface area (Å²) in [5.41, 5.74) is -0.0234. The molecular weight excluding hydrogens is 683 g/mol. The number of hydrogen-bond donors (Lipinski definition) is 2. The molecule has 0 unspecified atom stereocenters. The maximum Gasteiger partial charge on any atom is 0.308 e. The van der Waals surface area contributed by atoms with Crippen molar-refractivity contribution in [2.24, 2.45) is 17.8 Å². The van der Waals surface area contributed by atoms with Crippen LogP contribution in [-0.4, -0.2) is 95.8 Å². The van der Waals surface area contributed by atoms with Crippen LogP contribution in [0.15, 0.2) is 35.7 Å². The van der Waals surface area contributed by atoms with Crippen LogP contribution >= 0.6 is 11.3 Å². The van der Waals surface area contributed by atoms with Crippen molar-refractivity contribution in [1.82, 2.24) is 25.4 Å². The summed E-state index contributed by atoms with van der Waals surface area (Å²) in [6, 6.07) is 7.91. The van der Waals surface area contributed by atoms with E-state index < -0.39 is 53.5 Å². The van der Waals surface area contributed by atoms with Gasteiger partial charge < -0.3 is 25.0 Å². The largest absolute Gasteiger partial charge is 0.469 e. The van der Waals surface area contributed by atoms with Gasteiger partial charge in [-0.15, -0.1) is 11.3 Å². The molecule has 3 amide bonds. The van der Waals surface area contributed by atoms with Gasteiger partial charge in [-0.2, -0.15) is 0 Å². The van der Waals surface area contributed by atoms with Crippen molar-refractivity contribution >= 4 is 41.0 Å². The van der Waals surface area contributed by atoms with Crippen LogP contribution in [0.2, 0.25) is 0 Å². The predicted molar refractivity (Wildman–Crippen MR) is 201 cm³/mol. The van der Waals surface area contributed by atoms with Crippen LogP contribution in [0.4, 0.5) is 0 Å². The molecule has 1 aliphatic heterocycles. The number of nitrogens with zero attached hydrogens (tertiary/aromatic N) is 3. The number of methoxy groups -OCH3 is 1. The van der Waals surface area contributed by atoms with E-state index in [0.717, 1.165) is 5.56 Å². The Balaban J connectivity index is 1.84. The Morgan fingerprint density at radius 2 is 1.81 bits per heavy atom. The van der Waals surface area contributed by atoms with E-state index in [-0.39, 0.29) is 49.8 Å². The van der Waals surface area contributed by atoms with E-state index in [9.17, 15) is 24.0 Å². The molecule has 52 heavy (non-hydrogen) atoms. The lowest BCUT2D eigenvalue weighted by Crippen LogP contribution is -2.60. The minimum atomic E-state index is -1.15. The molecule has 2 aromatic rings. The van der Waals surface area contributed by atoms with Crippen molar-refractivity contribution in [3.8, 4) is 0 Å². The minimum Gasteiger partial charge on any atom is -0.469 e. The van der Waals surface area contributed by atoms with Crippen LogP contribution in [0.3, 0.4) is 0 Å². The molecule has 0 saturated carbocycles. The first-order valence-electron chi connectivity index (χ1n) is 19.5. The molecule has 0 aliphatic carbocycles. The SMILES string of the molecule is [2H]CN1CCC[C@@]1(C[2H])C(=O)N[C@H](C(=O)N(C)[C@H](C[C@@H](OC(C)=O)c1nc(C(=O)N[C@@H](Cc2ccccc2)C[C@H](C)C(=O)OC)cs1)C(C)C)[C@@H](C)CC. The summed E-state index contributed by atoms with van der Waals surface area (Å²) >= 11 is 1.18. The third kappa shape index (κ3) is 11.1. The number of thiazole rings is 1. The third-order valence-electron chi connectivity index (χ3n) is 10.1. The number of carbonyl (C=O) groups excluding carboxylic acids is 5. The molecule has 7 atom stereocenters. The fourth-order valence-electron chi connectivity index (χ4n) is 6.64. The number of likely N-dealkylation sites (N-methyl/N-ethyl adjacent to an activating group) is 2. The summed E-state index contributed by atoms with van der Waals surface area (Å²) in [5, 5.41) is 8.01. The van der Waals surface area contributed by atoms with E-state index in [0.29, 0.717) is 43.7 Å². The van der Waals surface area contributed by atoms with Gasteiger partial charge in [0.15, 0.2) is 6.10 Å². The molecule has 0 bridgehead atoms. The molecular formula is C39H59N5O7S. The van der Waals surface area contributed by atoms with Crippen LogP contribution in [0.25, 0.3) is 0 Å². The fraction of sp³-hybridized carbons (Fsp3) is 0.641. The van der Waals surface area contributed by atoms with Gasteiger partial charge in [-0.1, -0.05) is 71.4 Å². The first-order valence-corrected chi connectivity index (χ1v) is 19.0. The second kappa shape index (κ2) is 19.3. The first kappa shape index (κ1) is 39.4. The van der Waals surface area contributed by atoms with Gasteiger partial charge in [0.2, 0.25) is 11.8 Å². The lowest BCUT2D eigenvalue weighted by Gasteiger charge is -2.38. The van der Waals surface area contributed by atoms with Gasteiger partial charge in [0, 0.05) is 40.6 Å². The van der Waals surface area contributed by atoms with Crippen molar-refractivity contribution in [2.45, 2.75) is 117 Å². The number of amides is 3. The Morgan fingerprint density at radius 3 is 2.40 bits per heavy atom. The molecule has 0 radical (unpaired) electrons. The fourth-order valence-corrected chi connectivity index (χ4v) is 7.48. The third-order valence-corrected chi connectivity index (χ3v) is 11.1. The number of aromatic nitrogens is 1. The average molecular weight is 744 g/mol. The Bertz CT molecular complexity index is 1560. The molecule has 0 spiro atoms. The number of rotatable bonds is 18. The van der Waals surface area contributed by atoms with E-state index in [1.54, 1.807) is 29.2 Å². The number of likely N-dealkylation sites (tertiary alicyclic amines) is 1. The highest BCUT2D eigenvalue weighted by molar-refractivity contribution is 7.09. The molecule has 2 N–H and O–H groups in total. The van der Waals surface area contributed by atoms with Crippen molar-refractivity contribution in [3.05, 3.63) is 52.0 Å². The maximum atomic E-state index is 14.3. The summed E-state index contributed by atoms with van der Waals surface area (Å²) in [6.07, 6.45) is 1.91. The Hall–Kier alpha value is -3.84. The number of nitrogens with one attached hydrogen (secondary N) is 2. The molecule has 3 rings (SSSR count). The molecule has 1 aromatic heterocycles. The van der Waals surface area contributed by atoms with Gasteiger partial charge in [-0.3, -0.25) is 28.9 Å². The second-order valence-corrected chi connectivity index (χ2v) is 15.3. The molecule has 1 fully saturated rings. The zero-order valence-corrected chi connectivity index (χ0v) is 32.8. The lowest BCUT2D eigenvalue weighted by molar-refractivity contribution is -0.149. The molecule has 1 saturated heterocycles. The first-order chi connectivity index (χ1) is 25.6. The smallest absolute Gasteiger partial charge is 0.308 e. The summed E-state index contributed by atoms with van der Waals surface area (Å²) in [6.45, 7) is 11.1. The Kier molecular flexibility index (Phi) is 14.6. The zero-order valence-electron chi connectivity index (χ0n) is 34.0. The highest BCUT2D eigenvalue weighted by Gasteiger charge is 2.44. The summed E-state index contributed by atoms with van der Waals surface area (Å²) in [4.78, 5) is 74.2. The van der Waals surface area contributed by atoms with Crippen LogP contribution in [-0.2, 0) is 35.1 Å². The molecule has 288 valence electrons. The van der Waals surface area contributed by atoms with Crippen LogP contribution in [0, 0.1) is 17.8 Å². The minimum absolute atomic E-state index is 0.100. The van der Waals surface area contributed by atoms with Gasteiger partial charge in [-0.25, -0.2) is 4.98 Å². The molecule has 2 heterocycles. The average Bonchev–Trinajstić information content (AvgIpc) is 3.83. The molecule has 13 heteroatoms. The van der Waals surface area contributed by atoms with Crippen molar-refractivity contribution in [3.63, 3.8) is 0 Å². The zero-order chi connectivity index (χ0) is 40.2. The van der Waals surface area contributed by atoms with E-state index in [1.165, 1.54) is 25.4 Å². The lowest BCUT2D eigenvalue weighted by atomic mass is 9.91. The van der Waals surface area contributed by atoms with Crippen molar-refractivity contribution in [2.75, 3.05) is 27.7 Å². The van der Waals surface area contributed by atoms with Gasteiger partial charge >= 0.3 is 11.9 Å². The monoisotopic (exact) mass is 743 g/mol. The highest BCUT2D eigenvalue weighted by atomic mass is 32.1. The number of carbonyl (C=O) groups is 5. The highest BCUT2D eigenvalue weighted by Crippen LogP contribution is 2.32. The standard InChI is InChI=1S/C39H59N5O7S/c1-11-25(4)33(42-38(49)39(7)18-15-19-43(39)8)36(47)44(9)31(24(2)3)22-32(51-27(6)45)35-41-30(23-52-35)34(46)40-29(20-26(5)37(48)50-10)21-28-16-13-12-14-17-28/h12-14,16-17,23-26,29,31-33H,11,15,18-22H2,1-10H3,(H,40,46)(H,42,49)/t25-,26-,29+,31+,32+,33-,39-/m0/s1/i7D,8D. The van der Waals surface area contributed by atoms with Gasteiger partial charge in [0.25, 0.3) is 5.91 Å². The summed E-state index contributed by atoms with van der Waals surface area (Å²) in [7, 11) is 2.90. The molecule has 1 aromatic carbocycles. The number of benzene rings is 1. The number of esters is 2. The van der Waals surface area contributed by atoms with Crippen LogP contribution < -0.4 is 10.6 Å². The Labute approximate surface area is 316 Å². The predicted octanol–water partition coefficient (Wildman–Crippen LogP) is 5.18. The van der Waals surface area contributed by atoms with Crippen LogP contribution in [0.1, 0.15) is 110 Å². The Morgan fingerprint density at radius 1 is 1.10 bits per heavy atom. The number of ether oxygens (including phenoxy) is 2. The van der Waals surface area contributed by atoms with Crippen molar-refractivity contribution < 1.29 is 36.2 Å². The van der Waals surface area contributed by atoms with Gasteiger partial charge in [0.05, 0.1) is 18.6 Å². The van der Waals surface area contributed by atoms with Crippen LogP contribution in [0.5, 0.6) is 0 Å².